The molecule has 1 heterocycles. The van der Waals surface area contributed by atoms with Crippen LogP contribution in [-0.4, -0.2) is 30.2 Å². The zero-order chi connectivity index (χ0) is 16.3. The minimum absolute atomic E-state index is 0.255. The van der Waals surface area contributed by atoms with Crippen molar-refractivity contribution in [1.29, 1.82) is 0 Å². The first-order valence-electron chi connectivity index (χ1n) is 6.47. The lowest BCUT2D eigenvalue weighted by atomic mass is 10.1. The molecule has 1 aliphatic rings. The number of carbonyl (C=O) groups is 3. The van der Waals surface area contributed by atoms with Gasteiger partial charge in [0.2, 0.25) is 0 Å². The molecule has 0 unspecified atom stereocenters. The second-order valence-electron chi connectivity index (χ2n) is 5.03. The molecule has 7 nitrogen and oxygen atoms in total. The van der Waals surface area contributed by atoms with E-state index in [1.807, 2.05) is 0 Å². The fourth-order valence-corrected chi connectivity index (χ4v) is 1.81. The van der Waals surface area contributed by atoms with E-state index in [0.717, 1.165) is 0 Å². The maximum absolute atomic E-state index is 11.9. The van der Waals surface area contributed by atoms with Crippen LogP contribution in [0.2, 0.25) is 0 Å². The molecule has 0 bridgehead atoms. The third kappa shape index (κ3) is 3.63. The van der Waals surface area contributed by atoms with E-state index in [-0.39, 0.29) is 12.2 Å². The number of ether oxygens (including phenoxy) is 3. The van der Waals surface area contributed by atoms with Gasteiger partial charge in [-0.25, -0.2) is 9.59 Å². The number of hydrogen-bond acceptors (Lipinski definition) is 6. The lowest BCUT2D eigenvalue weighted by Gasteiger charge is -2.29. The van der Waals surface area contributed by atoms with Crippen molar-refractivity contribution in [1.82, 2.24) is 0 Å². The minimum atomic E-state index is -1.30. The van der Waals surface area contributed by atoms with Crippen LogP contribution in [0.3, 0.4) is 0 Å². The molecule has 1 aromatic carbocycles. The lowest BCUT2D eigenvalue weighted by molar-refractivity contribution is -0.222. The molecule has 2 N–H and O–H groups in total. The Kier molecular flexibility index (Phi) is 4.16. The van der Waals surface area contributed by atoms with Crippen molar-refractivity contribution in [2.45, 2.75) is 19.6 Å². The fourth-order valence-electron chi connectivity index (χ4n) is 1.81. The largest absolute Gasteiger partial charge is 0.483 e. The summed E-state index contributed by atoms with van der Waals surface area (Å²) in [4.78, 5) is 34.6. The quantitative estimate of drug-likeness (QED) is 0.500. The number of benzene rings is 1. The second kappa shape index (κ2) is 5.88. The van der Waals surface area contributed by atoms with Gasteiger partial charge in [0.15, 0.2) is 6.61 Å². The number of cyclic esters (lactones) is 2. The first kappa shape index (κ1) is 15.6. The molecule has 0 aliphatic carbocycles. The predicted octanol–water partition coefficient (Wildman–Crippen LogP) is 0.770. The summed E-state index contributed by atoms with van der Waals surface area (Å²) in [6, 6.07) is 6.56. The minimum Gasteiger partial charge on any atom is -0.483 e. The van der Waals surface area contributed by atoms with Crippen molar-refractivity contribution < 1.29 is 28.6 Å². The highest BCUT2D eigenvalue weighted by molar-refractivity contribution is 6.19. The van der Waals surface area contributed by atoms with Crippen LogP contribution in [0.1, 0.15) is 19.4 Å². The summed E-state index contributed by atoms with van der Waals surface area (Å²) in [5.74, 6) is -3.20. The van der Waals surface area contributed by atoms with E-state index in [9.17, 15) is 14.4 Å². The van der Waals surface area contributed by atoms with E-state index < -0.39 is 23.6 Å². The molecule has 1 amide bonds. The van der Waals surface area contributed by atoms with Gasteiger partial charge in [-0.15, -0.1) is 0 Å². The van der Waals surface area contributed by atoms with Gasteiger partial charge in [-0.3, -0.25) is 4.79 Å². The highest BCUT2D eigenvalue weighted by Gasteiger charge is 2.38. The highest BCUT2D eigenvalue weighted by Crippen LogP contribution is 2.27. The number of rotatable bonds is 4. The fraction of sp³-hybridized carbons (Fsp3) is 0.267. The van der Waals surface area contributed by atoms with Crippen molar-refractivity contribution in [2.24, 2.45) is 5.73 Å². The van der Waals surface area contributed by atoms with Crippen molar-refractivity contribution in [3.63, 3.8) is 0 Å². The van der Waals surface area contributed by atoms with Crippen LogP contribution >= 0.6 is 0 Å². The molecule has 116 valence electrons. The summed E-state index contributed by atoms with van der Waals surface area (Å²) in [5.41, 5.74) is 5.19. The SMILES string of the molecule is CC1(C)OC(=O)C(=Cc2ccccc2OCC(N)=O)C(=O)O1. The average molecular weight is 305 g/mol. The molecule has 0 spiro atoms. The Morgan fingerprint density at radius 1 is 1.23 bits per heavy atom. The van der Waals surface area contributed by atoms with Crippen molar-refractivity contribution >= 4 is 23.9 Å². The Labute approximate surface area is 126 Å². The topological polar surface area (TPSA) is 105 Å². The summed E-state index contributed by atoms with van der Waals surface area (Å²) < 4.78 is 15.2. The summed E-state index contributed by atoms with van der Waals surface area (Å²) in [5, 5.41) is 0. The third-order valence-electron chi connectivity index (χ3n) is 2.71. The zero-order valence-electron chi connectivity index (χ0n) is 12.1. The Hall–Kier alpha value is -2.83. The molecule has 7 heteroatoms. The van der Waals surface area contributed by atoms with E-state index in [1.165, 1.54) is 19.9 Å². The number of hydrogen-bond donors (Lipinski definition) is 1. The molecule has 22 heavy (non-hydrogen) atoms. The molecule has 0 saturated carbocycles. The Morgan fingerprint density at radius 2 is 1.82 bits per heavy atom. The summed E-state index contributed by atoms with van der Waals surface area (Å²) in [6.45, 7) is 2.61. The molecule has 2 rings (SSSR count). The van der Waals surface area contributed by atoms with E-state index in [1.54, 1.807) is 24.3 Å². The van der Waals surface area contributed by atoms with Gasteiger partial charge in [-0.05, 0) is 12.1 Å². The van der Waals surface area contributed by atoms with Gasteiger partial charge in [0.25, 0.3) is 11.7 Å². The Balaban J connectivity index is 2.31. The molecular formula is C15H15NO6. The normalized spacial score (nSPS) is 16.5. The van der Waals surface area contributed by atoms with Crippen molar-refractivity contribution in [2.75, 3.05) is 6.61 Å². The van der Waals surface area contributed by atoms with E-state index >= 15 is 0 Å². The molecule has 0 atom stereocenters. The summed E-state index contributed by atoms with van der Waals surface area (Å²) >= 11 is 0. The van der Waals surface area contributed by atoms with Gasteiger partial charge in [-0.1, -0.05) is 18.2 Å². The molecule has 0 radical (unpaired) electrons. The molecule has 1 fully saturated rings. The molecule has 1 saturated heterocycles. The third-order valence-corrected chi connectivity index (χ3v) is 2.71. The number of primary amides is 1. The van der Waals surface area contributed by atoms with E-state index in [2.05, 4.69) is 0 Å². The molecule has 1 aliphatic heterocycles. The number of carbonyl (C=O) groups excluding carboxylic acids is 3. The second-order valence-corrected chi connectivity index (χ2v) is 5.03. The van der Waals surface area contributed by atoms with Gasteiger partial charge in [0.1, 0.15) is 11.3 Å². The van der Waals surface area contributed by atoms with Crippen LogP contribution in [0, 0.1) is 0 Å². The summed E-state index contributed by atoms with van der Waals surface area (Å²) in [7, 11) is 0. The number of nitrogens with two attached hydrogens (primary N) is 1. The number of amides is 1. The number of para-hydroxylation sites is 1. The first-order chi connectivity index (χ1) is 10.3. The van der Waals surface area contributed by atoms with Crippen LogP contribution < -0.4 is 10.5 Å². The molecular weight excluding hydrogens is 290 g/mol. The van der Waals surface area contributed by atoms with E-state index in [4.69, 9.17) is 19.9 Å². The molecule has 1 aromatic rings. The average Bonchev–Trinajstić information content (AvgIpc) is 2.40. The predicted molar refractivity (Wildman–Crippen MR) is 75.4 cm³/mol. The van der Waals surface area contributed by atoms with Gasteiger partial charge < -0.3 is 19.9 Å². The van der Waals surface area contributed by atoms with Crippen LogP contribution in [0.5, 0.6) is 5.75 Å². The zero-order valence-corrected chi connectivity index (χ0v) is 12.1. The van der Waals surface area contributed by atoms with Crippen molar-refractivity contribution in [3.05, 3.63) is 35.4 Å². The van der Waals surface area contributed by atoms with Gasteiger partial charge in [0.05, 0.1) is 0 Å². The maximum atomic E-state index is 11.9. The highest BCUT2D eigenvalue weighted by atomic mass is 16.7. The van der Waals surface area contributed by atoms with Crippen LogP contribution in [0.15, 0.2) is 29.8 Å². The van der Waals surface area contributed by atoms with Gasteiger partial charge >= 0.3 is 11.9 Å². The Morgan fingerprint density at radius 3 is 2.41 bits per heavy atom. The lowest BCUT2D eigenvalue weighted by Crippen LogP contribution is -2.41. The standard InChI is InChI=1S/C15H15NO6/c1-15(2)21-13(18)10(14(19)22-15)7-9-5-3-4-6-11(9)20-8-12(16)17/h3-7H,8H2,1-2H3,(H2,16,17). The van der Waals surface area contributed by atoms with Gasteiger partial charge in [0, 0.05) is 19.4 Å². The van der Waals surface area contributed by atoms with Crippen molar-refractivity contribution in [3.8, 4) is 5.75 Å². The maximum Gasteiger partial charge on any atom is 0.348 e. The molecule has 0 aromatic heterocycles. The Bertz CT molecular complexity index is 640. The summed E-state index contributed by atoms with van der Waals surface area (Å²) in [6.07, 6.45) is 1.29. The number of esters is 2. The van der Waals surface area contributed by atoms with Gasteiger partial charge in [-0.2, -0.15) is 0 Å². The van der Waals surface area contributed by atoms with Crippen LogP contribution in [-0.2, 0) is 23.9 Å². The first-order valence-corrected chi connectivity index (χ1v) is 6.47. The van der Waals surface area contributed by atoms with Crippen LogP contribution in [0.4, 0.5) is 0 Å². The smallest absolute Gasteiger partial charge is 0.348 e. The monoisotopic (exact) mass is 305 g/mol. The van der Waals surface area contributed by atoms with Crippen LogP contribution in [0.25, 0.3) is 6.08 Å². The van der Waals surface area contributed by atoms with E-state index in [0.29, 0.717) is 11.3 Å².